The van der Waals surface area contributed by atoms with Gasteiger partial charge in [-0.05, 0) is 32.2 Å². The SMILES string of the molecule is CNCCC(=O)NCC(C)Oc1cccc(Cl)c1.Cl. The van der Waals surface area contributed by atoms with E-state index in [1.54, 1.807) is 12.1 Å². The van der Waals surface area contributed by atoms with Crippen LogP contribution in [0.25, 0.3) is 0 Å². The number of ether oxygens (including phenoxy) is 1. The molecule has 108 valence electrons. The molecule has 1 unspecified atom stereocenters. The summed E-state index contributed by atoms with van der Waals surface area (Å²) in [5.41, 5.74) is 0. The maximum atomic E-state index is 11.4. The van der Waals surface area contributed by atoms with Crippen LogP contribution in [0.3, 0.4) is 0 Å². The smallest absolute Gasteiger partial charge is 0.221 e. The molecule has 6 heteroatoms. The zero-order valence-electron chi connectivity index (χ0n) is 11.1. The van der Waals surface area contributed by atoms with Crippen molar-refractivity contribution in [3.05, 3.63) is 29.3 Å². The third-order valence-corrected chi connectivity index (χ3v) is 2.56. The molecule has 0 saturated heterocycles. The Balaban J connectivity index is 0.00000324. The minimum absolute atomic E-state index is 0. The van der Waals surface area contributed by atoms with E-state index < -0.39 is 0 Å². The van der Waals surface area contributed by atoms with Crippen LogP contribution in [0.15, 0.2) is 24.3 Å². The van der Waals surface area contributed by atoms with Crippen LogP contribution < -0.4 is 15.4 Å². The Morgan fingerprint density at radius 1 is 1.47 bits per heavy atom. The number of carbonyl (C=O) groups is 1. The summed E-state index contributed by atoms with van der Waals surface area (Å²) >= 11 is 5.86. The highest BCUT2D eigenvalue weighted by molar-refractivity contribution is 6.30. The van der Waals surface area contributed by atoms with Gasteiger partial charge in [0.15, 0.2) is 0 Å². The average molecular weight is 307 g/mol. The summed E-state index contributed by atoms with van der Waals surface area (Å²) in [7, 11) is 1.82. The maximum absolute atomic E-state index is 11.4. The quantitative estimate of drug-likeness (QED) is 0.812. The van der Waals surface area contributed by atoms with Crippen molar-refractivity contribution >= 4 is 29.9 Å². The van der Waals surface area contributed by atoms with Gasteiger partial charge in [-0.15, -0.1) is 12.4 Å². The van der Waals surface area contributed by atoms with Gasteiger partial charge in [0.25, 0.3) is 0 Å². The lowest BCUT2D eigenvalue weighted by Crippen LogP contribution is -2.34. The Morgan fingerprint density at radius 2 is 2.21 bits per heavy atom. The molecule has 0 bridgehead atoms. The number of hydrogen-bond donors (Lipinski definition) is 2. The molecule has 0 saturated carbocycles. The van der Waals surface area contributed by atoms with E-state index >= 15 is 0 Å². The fourth-order valence-corrected chi connectivity index (χ4v) is 1.58. The van der Waals surface area contributed by atoms with Crippen molar-refractivity contribution in [1.82, 2.24) is 10.6 Å². The van der Waals surface area contributed by atoms with Gasteiger partial charge in [-0.2, -0.15) is 0 Å². The summed E-state index contributed by atoms with van der Waals surface area (Å²) in [5, 5.41) is 6.38. The minimum atomic E-state index is -0.0954. The molecule has 1 atom stereocenters. The molecule has 19 heavy (non-hydrogen) atoms. The van der Waals surface area contributed by atoms with Crippen molar-refractivity contribution in [3.8, 4) is 5.75 Å². The second kappa shape index (κ2) is 9.89. The van der Waals surface area contributed by atoms with Crippen molar-refractivity contribution in [2.24, 2.45) is 0 Å². The second-order valence-corrected chi connectivity index (χ2v) is 4.48. The number of rotatable bonds is 7. The normalized spacial score (nSPS) is 11.3. The minimum Gasteiger partial charge on any atom is -0.489 e. The van der Waals surface area contributed by atoms with Gasteiger partial charge in [0.1, 0.15) is 11.9 Å². The molecule has 4 nitrogen and oxygen atoms in total. The Morgan fingerprint density at radius 3 is 2.84 bits per heavy atom. The third kappa shape index (κ3) is 7.93. The van der Waals surface area contributed by atoms with E-state index in [9.17, 15) is 4.79 Å². The number of halogens is 2. The van der Waals surface area contributed by atoms with Crippen molar-refractivity contribution in [1.29, 1.82) is 0 Å². The number of carbonyl (C=O) groups excluding carboxylic acids is 1. The zero-order chi connectivity index (χ0) is 13.4. The van der Waals surface area contributed by atoms with Crippen LogP contribution in [0.1, 0.15) is 13.3 Å². The Kier molecular flexibility index (Phi) is 9.39. The summed E-state index contributed by atoms with van der Waals surface area (Å²) in [5.74, 6) is 0.727. The van der Waals surface area contributed by atoms with Crippen molar-refractivity contribution in [3.63, 3.8) is 0 Å². The Bertz CT molecular complexity index is 389. The molecular weight excluding hydrogens is 287 g/mol. The summed E-state index contributed by atoms with van der Waals surface area (Å²) < 4.78 is 5.64. The molecule has 2 N–H and O–H groups in total. The summed E-state index contributed by atoms with van der Waals surface area (Å²) in [6.07, 6.45) is 0.377. The monoisotopic (exact) mass is 306 g/mol. The van der Waals surface area contributed by atoms with Crippen LogP contribution in [-0.4, -0.2) is 32.1 Å². The lowest BCUT2D eigenvalue weighted by Gasteiger charge is -2.15. The summed E-state index contributed by atoms with van der Waals surface area (Å²) in [6, 6.07) is 7.21. The molecule has 0 fully saturated rings. The van der Waals surface area contributed by atoms with Crippen LogP contribution in [0.4, 0.5) is 0 Å². The second-order valence-electron chi connectivity index (χ2n) is 4.04. The van der Waals surface area contributed by atoms with Gasteiger partial charge in [0.05, 0.1) is 6.54 Å². The van der Waals surface area contributed by atoms with Gasteiger partial charge < -0.3 is 15.4 Å². The highest BCUT2D eigenvalue weighted by atomic mass is 35.5. The zero-order valence-corrected chi connectivity index (χ0v) is 12.7. The molecule has 0 aromatic heterocycles. The Labute approximate surface area is 125 Å². The van der Waals surface area contributed by atoms with E-state index in [0.717, 1.165) is 0 Å². The first kappa shape index (κ1) is 18.0. The third-order valence-electron chi connectivity index (χ3n) is 2.32. The molecule has 0 aliphatic heterocycles. The van der Waals surface area contributed by atoms with E-state index in [4.69, 9.17) is 16.3 Å². The fourth-order valence-electron chi connectivity index (χ4n) is 1.40. The van der Waals surface area contributed by atoms with Gasteiger partial charge in [0, 0.05) is 18.0 Å². The predicted molar refractivity (Wildman–Crippen MR) is 80.3 cm³/mol. The van der Waals surface area contributed by atoms with E-state index in [-0.39, 0.29) is 24.4 Å². The van der Waals surface area contributed by atoms with Gasteiger partial charge in [0.2, 0.25) is 5.91 Å². The molecule has 0 aliphatic rings. The number of benzene rings is 1. The molecule has 1 amide bonds. The lowest BCUT2D eigenvalue weighted by atomic mass is 10.3. The van der Waals surface area contributed by atoms with E-state index in [1.165, 1.54) is 0 Å². The van der Waals surface area contributed by atoms with E-state index in [0.29, 0.717) is 30.3 Å². The van der Waals surface area contributed by atoms with Gasteiger partial charge in [-0.1, -0.05) is 17.7 Å². The van der Waals surface area contributed by atoms with Crippen LogP contribution in [0.5, 0.6) is 5.75 Å². The largest absolute Gasteiger partial charge is 0.489 e. The lowest BCUT2D eigenvalue weighted by molar-refractivity contribution is -0.121. The fraction of sp³-hybridized carbons (Fsp3) is 0.462. The van der Waals surface area contributed by atoms with Crippen molar-refractivity contribution in [2.75, 3.05) is 20.1 Å². The molecule has 0 radical (unpaired) electrons. The van der Waals surface area contributed by atoms with Crippen LogP contribution in [0, 0.1) is 0 Å². The van der Waals surface area contributed by atoms with Gasteiger partial charge in [-0.25, -0.2) is 0 Å². The molecule has 1 aromatic rings. The van der Waals surface area contributed by atoms with E-state index in [2.05, 4.69) is 10.6 Å². The first-order valence-electron chi connectivity index (χ1n) is 5.95. The molecule has 1 rings (SSSR count). The first-order valence-corrected chi connectivity index (χ1v) is 6.33. The molecule has 0 heterocycles. The van der Waals surface area contributed by atoms with Crippen LogP contribution >= 0.6 is 24.0 Å². The highest BCUT2D eigenvalue weighted by Gasteiger charge is 2.06. The number of nitrogens with one attached hydrogen (secondary N) is 2. The van der Waals surface area contributed by atoms with Crippen LogP contribution in [0.2, 0.25) is 5.02 Å². The van der Waals surface area contributed by atoms with Crippen molar-refractivity contribution in [2.45, 2.75) is 19.4 Å². The molecule has 0 aliphatic carbocycles. The van der Waals surface area contributed by atoms with E-state index in [1.807, 2.05) is 26.1 Å². The van der Waals surface area contributed by atoms with Gasteiger partial charge >= 0.3 is 0 Å². The predicted octanol–water partition coefficient (Wildman–Crippen LogP) is 2.25. The highest BCUT2D eigenvalue weighted by Crippen LogP contribution is 2.18. The molecule has 1 aromatic carbocycles. The first-order chi connectivity index (χ1) is 8.61. The Hall–Kier alpha value is -0.970. The topological polar surface area (TPSA) is 50.4 Å². The summed E-state index contributed by atoms with van der Waals surface area (Å²) in [6.45, 7) is 3.06. The molecule has 0 spiro atoms. The average Bonchev–Trinajstić information content (AvgIpc) is 2.34. The van der Waals surface area contributed by atoms with Crippen molar-refractivity contribution < 1.29 is 9.53 Å². The number of amides is 1. The summed E-state index contributed by atoms with van der Waals surface area (Å²) in [4.78, 5) is 11.4. The standard InChI is InChI=1S/C13H19ClN2O2.ClH/c1-10(9-16-13(17)6-7-15-2)18-12-5-3-4-11(14)8-12;/h3-5,8,10,15H,6-7,9H2,1-2H3,(H,16,17);1H. The maximum Gasteiger partial charge on any atom is 0.221 e. The number of hydrogen-bond acceptors (Lipinski definition) is 3. The van der Waals surface area contributed by atoms with Crippen LogP contribution in [-0.2, 0) is 4.79 Å². The molecular formula is C13H20Cl2N2O2. The van der Waals surface area contributed by atoms with Gasteiger partial charge in [-0.3, -0.25) is 4.79 Å².